The molecule has 2 unspecified atom stereocenters. The second-order valence-electron chi connectivity index (χ2n) is 6.04. The lowest BCUT2D eigenvalue weighted by molar-refractivity contribution is 0.844. The molecule has 1 aliphatic carbocycles. The van der Waals surface area contributed by atoms with E-state index in [4.69, 9.17) is 12.2 Å². The van der Waals surface area contributed by atoms with Crippen LogP contribution in [0.1, 0.15) is 35.2 Å². The van der Waals surface area contributed by atoms with Gasteiger partial charge in [0, 0.05) is 10.4 Å². The first-order valence-electron chi connectivity index (χ1n) is 7.64. The lowest BCUT2D eigenvalue weighted by atomic mass is 10.1. The fourth-order valence-electron chi connectivity index (χ4n) is 3.13. The molecule has 0 aliphatic heterocycles. The number of benzene rings is 2. The summed E-state index contributed by atoms with van der Waals surface area (Å²) in [5.41, 5.74) is 3.63. The smallest absolute Gasteiger partial charge is 0.199 e. The Bertz CT molecular complexity index is 914. The molecule has 1 fully saturated rings. The molecule has 2 atom stereocenters. The topological polar surface area (TPSA) is 33.6 Å². The Kier molecular flexibility index (Phi) is 3.70. The number of aromatic amines is 1. The Morgan fingerprint density at radius 1 is 1.17 bits per heavy atom. The van der Waals surface area contributed by atoms with E-state index in [0.29, 0.717) is 16.6 Å². The molecule has 3 nitrogen and oxygen atoms in total. The molecule has 23 heavy (non-hydrogen) atoms. The van der Waals surface area contributed by atoms with Gasteiger partial charge in [0.1, 0.15) is 5.82 Å². The molecular weight excluding hydrogens is 370 g/mol. The van der Waals surface area contributed by atoms with E-state index in [-0.39, 0.29) is 0 Å². The van der Waals surface area contributed by atoms with E-state index >= 15 is 0 Å². The van der Waals surface area contributed by atoms with E-state index < -0.39 is 0 Å². The van der Waals surface area contributed by atoms with Gasteiger partial charge in [0.2, 0.25) is 0 Å². The summed E-state index contributed by atoms with van der Waals surface area (Å²) in [6.07, 6.45) is 1.12. The summed E-state index contributed by atoms with van der Waals surface area (Å²) >= 11 is 9.13. The monoisotopic (exact) mass is 385 g/mol. The van der Waals surface area contributed by atoms with Crippen LogP contribution in [-0.4, -0.2) is 14.8 Å². The molecule has 0 amide bonds. The van der Waals surface area contributed by atoms with Crippen LogP contribution < -0.4 is 0 Å². The molecule has 1 aromatic heterocycles. The normalized spacial score (nSPS) is 19.7. The van der Waals surface area contributed by atoms with Gasteiger partial charge in [0.05, 0.1) is 5.69 Å². The summed E-state index contributed by atoms with van der Waals surface area (Å²) in [6.45, 7) is 2.08. The number of H-pyrrole nitrogens is 1. The van der Waals surface area contributed by atoms with Crippen LogP contribution in [0.4, 0.5) is 0 Å². The van der Waals surface area contributed by atoms with Crippen LogP contribution in [0, 0.1) is 11.7 Å². The molecule has 0 radical (unpaired) electrons. The van der Waals surface area contributed by atoms with Crippen molar-refractivity contribution in [1.29, 1.82) is 0 Å². The maximum absolute atomic E-state index is 5.47. The zero-order chi connectivity index (χ0) is 16.0. The third-order valence-corrected chi connectivity index (χ3v) is 5.30. The maximum atomic E-state index is 5.47. The molecule has 1 aliphatic rings. The molecule has 1 N–H and O–H groups in total. The molecule has 0 saturated heterocycles. The minimum atomic E-state index is 0.415. The Hall–Kier alpha value is -1.72. The van der Waals surface area contributed by atoms with E-state index in [0.717, 1.165) is 22.4 Å². The molecule has 3 aromatic rings. The van der Waals surface area contributed by atoms with E-state index in [9.17, 15) is 0 Å². The average molecular weight is 386 g/mol. The van der Waals surface area contributed by atoms with Crippen molar-refractivity contribution in [2.45, 2.75) is 25.2 Å². The zero-order valence-corrected chi connectivity index (χ0v) is 15.1. The molecular formula is C18H16BrN3S. The fraction of sp³-hybridized carbons (Fsp3) is 0.222. The van der Waals surface area contributed by atoms with Gasteiger partial charge >= 0.3 is 0 Å². The van der Waals surface area contributed by atoms with E-state index in [1.165, 1.54) is 11.1 Å². The van der Waals surface area contributed by atoms with Crippen LogP contribution in [0.2, 0.25) is 0 Å². The average Bonchev–Trinajstić information content (AvgIpc) is 3.26. The van der Waals surface area contributed by atoms with Crippen LogP contribution in [0.15, 0.2) is 53.0 Å². The Morgan fingerprint density at radius 3 is 2.70 bits per heavy atom. The van der Waals surface area contributed by atoms with Crippen molar-refractivity contribution in [3.63, 3.8) is 0 Å². The summed E-state index contributed by atoms with van der Waals surface area (Å²) in [5.74, 6) is 1.97. The van der Waals surface area contributed by atoms with Gasteiger partial charge in [0.25, 0.3) is 0 Å². The van der Waals surface area contributed by atoms with Gasteiger partial charge in [-0.05, 0) is 70.7 Å². The van der Waals surface area contributed by atoms with E-state index in [1.807, 2.05) is 0 Å². The summed E-state index contributed by atoms with van der Waals surface area (Å²) in [4.78, 5) is 0. The summed E-state index contributed by atoms with van der Waals surface area (Å²) in [6, 6.07) is 16.9. The van der Waals surface area contributed by atoms with E-state index in [2.05, 4.69) is 86.1 Å². The van der Waals surface area contributed by atoms with Gasteiger partial charge < -0.3 is 0 Å². The summed E-state index contributed by atoms with van der Waals surface area (Å²) < 4.78 is 3.74. The quantitative estimate of drug-likeness (QED) is 0.622. The fourth-order valence-corrected chi connectivity index (χ4v) is 4.04. The Balaban J connectivity index is 1.74. The number of nitrogens with one attached hydrogen (secondary N) is 1. The summed E-state index contributed by atoms with van der Waals surface area (Å²) in [7, 11) is 0. The van der Waals surface area contributed by atoms with Gasteiger partial charge in [-0.3, -0.25) is 9.67 Å². The minimum absolute atomic E-state index is 0.415. The minimum Gasteiger partial charge on any atom is -0.271 e. The lowest BCUT2D eigenvalue weighted by Crippen LogP contribution is -2.02. The molecule has 0 bridgehead atoms. The number of hydrogen-bond acceptors (Lipinski definition) is 2. The zero-order valence-electron chi connectivity index (χ0n) is 12.7. The van der Waals surface area contributed by atoms with Crippen LogP contribution in [0.5, 0.6) is 0 Å². The Labute approximate surface area is 148 Å². The summed E-state index contributed by atoms with van der Waals surface area (Å²) in [5, 5.41) is 7.48. The predicted octanol–water partition coefficient (Wildman–Crippen LogP) is 5.27. The van der Waals surface area contributed by atoms with Crippen molar-refractivity contribution >= 4 is 28.1 Å². The largest absolute Gasteiger partial charge is 0.271 e. The highest BCUT2D eigenvalue weighted by molar-refractivity contribution is 9.10. The highest BCUT2D eigenvalue weighted by Gasteiger charge is 2.43. The molecule has 1 saturated carbocycles. The molecule has 1 heterocycles. The van der Waals surface area contributed by atoms with E-state index in [1.54, 1.807) is 0 Å². The Morgan fingerprint density at radius 2 is 1.96 bits per heavy atom. The van der Waals surface area contributed by atoms with Gasteiger partial charge in [-0.2, -0.15) is 5.10 Å². The first-order chi connectivity index (χ1) is 11.1. The predicted molar refractivity (Wildman–Crippen MR) is 97.7 cm³/mol. The number of rotatable bonds is 3. The van der Waals surface area contributed by atoms with Crippen molar-refractivity contribution in [1.82, 2.24) is 14.8 Å². The standard InChI is InChI=1S/C18H16BrN3S/c1-11-7-8-16(15(19)9-11)22-17(20-21-18(22)23)14-10-13(14)12-5-3-2-4-6-12/h2-9,13-14H,10H2,1H3,(H,21,23). The van der Waals surface area contributed by atoms with Crippen molar-refractivity contribution in [2.75, 3.05) is 0 Å². The maximum Gasteiger partial charge on any atom is 0.199 e. The molecule has 5 heteroatoms. The first-order valence-corrected chi connectivity index (χ1v) is 8.84. The van der Waals surface area contributed by atoms with Crippen molar-refractivity contribution in [2.24, 2.45) is 0 Å². The lowest BCUT2D eigenvalue weighted by Gasteiger charge is -2.10. The van der Waals surface area contributed by atoms with Gasteiger partial charge in [0.15, 0.2) is 4.77 Å². The van der Waals surface area contributed by atoms with Gasteiger partial charge in [-0.15, -0.1) is 0 Å². The van der Waals surface area contributed by atoms with Crippen LogP contribution in [0.3, 0.4) is 0 Å². The van der Waals surface area contributed by atoms with Gasteiger partial charge in [-0.25, -0.2) is 0 Å². The van der Waals surface area contributed by atoms with Gasteiger partial charge in [-0.1, -0.05) is 36.4 Å². The van der Waals surface area contributed by atoms with Crippen molar-refractivity contribution in [3.8, 4) is 5.69 Å². The molecule has 4 rings (SSSR count). The second kappa shape index (κ2) is 5.73. The number of aromatic nitrogens is 3. The highest BCUT2D eigenvalue weighted by atomic mass is 79.9. The van der Waals surface area contributed by atoms with Crippen molar-refractivity contribution < 1.29 is 0 Å². The molecule has 116 valence electrons. The number of nitrogens with zero attached hydrogens (tertiary/aromatic N) is 2. The van der Waals surface area contributed by atoms with Crippen molar-refractivity contribution in [3.05, 3.63) is 74.7 Å². The third-order valence-electron chi connectivity index (χ3n) is 4.39. The molecule has 2 aromatic carbocycles. The number of aryl methyl sites for hydroxylation is 1. The molecule has 0 spiro atoms. The SMILES string of the molecule is Cc1ccc(-n2c(C3CC3c3ccccc3)n[nH]c2=S)c(Br)c1. The van der Waals surface area contributed by atoms with Crippen LogP contribution in [-0.2, 0) is 0 Å². The number of hydrogen-bond donors (Lipinski definition) is 1. The van der Waals surface area contributed by atoms with Crippen LogP contribution >= 0.6 is 28.1 Å². The first kappa shape index (κ1) is 14.8. The number of halogens is 1. The second-order valence-corrected chi connectivity index (χ2v) is 7.28. The highest BCUT2D eigenvalue weighted by Crippen LogP contribution is 2.54. The van der Waals surface area contributed by atoms with Crippen LogP contribution in [0.25, 0.3) is 5.69 Å². The third kappa shape index (κ3) is 2.68.